The van der Waals surface area contributed by atoms with Gasteiger partial charge in [-0.15, -0.1) is 0 Å². The molecule has 20 heavy (non-hydrogen) atoms. The van der Waals surface area contributed by atoms with Gasteiger partial charge in [0.1, 0.15) is 0 Å². The van der Waals surface area contributed by atoms with Gasteiger partial charge in [0, 0.05) is 18.3 Å². The molecule has 2 rings (SSSR count). The molecule has 0 bridgehead atoms. The zero-order valence-corrected chi connectivity index (χ0v) is 11.0. The van der Waals surface area contributed by atoms with E-state index in [2.05, 4.69) is 10.5 Å². The highest BCUT2D eigenvalue weighted by Gasteiger charge is 2.05. The summed E-state index contributed by atoms with van der Waals surface area (Å²) in [4.78, 5) is 11.6. The summed E-state index contributed by atoms with van der Waals surface area (Å²) in [5, 5.41) is 3.86. The summed E-state index contributed by atoms with van der Waals surface area (Å²) in [6, 6.07) is 15.5. The summed E-state index contributed by atoms with van der Waals surface area (Å²) in [7, 11) is 0. The highest BCUT2D eigenvalue weighted by Crippen LogP contribution is 1.99. The minimum Gasteiger partial charge on any atom is -0.266 e. The number of nitrogens with zero attached hydrogens (tertiary/aromatic N) is 2. The maximum atomic E-state index is 11.6. The first-order valence-corrected chi connectivity index (χ1v) is 6.32. The first-order valence-electron chi connectivity index (χ1n) is 6.32. The summed E-state index contributed by atoms with van der Waals surface area (Å²) in [5.41, 5.74) is 3.56. The molecule has 1 aromatic carbocycles. The van der Waals surface area contributed by atoms with Crippen molar-refractivity contribution in [2.45, 2.75) is 6.54 Å². The van der Waals surface area contributed by atoms with Crippen molar-refractivity contribution in [1.29, 1.82) is 0 Å². The molecule has 0 saturated heterocycles. The number of hydrazone groups is 1. The minimum atomic E-state index is -0.162. The molecule has 4 heteroatoms. The van der Waals surface area contributed by atoms with Crippen LogP contribution in [0.5, 0.6) is 0 Å². The van der Waals surface area contributed by atoms with Crippen molar-refractivity contribution in [3.63, 3.8) is 0 Å². The van der Waals surface area contributed by atoms with Crippen molar-refractivity contribution in [2.75, 3.05) is 0 Å². The van der Waals surface area contributed by atoms with Crippen molar-refractivity contribution < 1.29 is 9.36 Å². The van der Waals surface area contributed by atoms with E-state index in [-0.39, 0.29) is 12.5 Å². The number of benzene rings is 1. The van der Waals surface area contributed by atoms with Crippen LogP contribution in [0.4, 0.5) is 0 Å². The third kappa shape index (κ3) is 4.86. The van der Waals surface area contributed by atoms with Gasteiger partial charge in [0.05, 0.1) is 0 Å². The Hall–Kier alpha value is -2.75. The Kier molecular flexibility index (Phi) is 5.22. The number of hydrogen-bond acceptors (Lipinski definition) is 2. The van der Waals surface area contributed by atoms with E-state index in [1.807, 2.05) is 67.0 Å². The quantitative estimate of drug-likeness (QED) is 0.500. The number of hydrogen-bond donors (Lipinski definition) is 1. The number of nitrogens with one attached hydrogen (secondary N) is 1. The number of allylic oxidation sites excluding steroid dienone is 1. The van der Waals surface area contributed by atoms with E-state index < -0.39 is 0 Å². The standard InChI is InChI=1S/C16H15N3O/c20-16(14-19-12-5-2-6-13-19)18-17-11-7-10-15-8-3-1-4-9-15/h1-13H,14H2/p+1/b10-7+,17-11-. The molecule has 0 radical (unpaired) electrons. The number of carbonyl (C=O) groups is 1. The maximum Gasteiger partial charge on any atom is 0.305 e. The second kappa shape index (κ2) is 7.63. The van der Waals surface area contributed by atoms with Gasteiger partial charge < -0.3 is 0 Å². The molecule has 1 heterocycles. The Morgan fingerprint density at radius 2 is 1.80 bits per heavy atom. The highest BCUT2D eigenvalue weighted by atomic mass is 16.2. The van der Waals surface area contributed by atoms with Crippen molar-refractivity contribution in [2.24, 2.45) is 5.10 Å². The fourth-order valence-corrected chi connectivity index (χ4v) is 1.61. The molecule has 0 aliphatic rings. The first kappa shape index (κ1) is 13.7. The van der Waals surface area contributed by atoms with Crippen LogP contribution in [-0.2, 0) is 11.3 Å². The zero-order valence-electron chi connectivity index (χ0n) is 11.0. The first-order chi connectivity index (χ1) is 9.84. The third-order valence-corrected chi connectivity index (χ3v) is 2.54. The van der Waals surface area contributed by atoms with Gasteiger partial charge in [-0.25, -0.2) is 5.43 Å². The summed E-state index contributed by atoms with van der Waals surface area (Å²) in [6.45, 7) is 0.251. The molecule has 1 N–H and O–H groups in total. The van der Waals surface area contributed by atoms with Gasteiger partial charge in [-0.2, -0.15) is 9.67 Å². The molecule has 0 aliphatic heterocycles. The Morgan fingerprint density at radius 3 is 2.55 bits per heavy atom. The van der Waals surface area contributed by atoms with Gasteiger partial charge in [0.15, 0.2) is 12.4 Å². The average molecular weight is 266 g/mol. The van der Waals surface area contributed by atoms with Gasteiger partial charge in [-0.05, 0) is 11.6 Å². The molecule has 0 aliphatic carbocycles. The van der Waals surface area contributed by atoms with Crippen molar-refractivity contribution in [1.82, 2.24) is 5.43 Å². The number of carbonyl (C=O) groups excluding carboxylic acids is 1. The van der Waals surface area contributed by atoms with Crippen LogP contribution in [-0.4, -0.2) is 12.1 Å². The van der Waals surface area contributed by atoms with Crippen molar-refractivity contribution in [3.8, 4) is 0 Å². The predicted molar refractivity (Wildman–Crippen MR) is 78.7 cm³/mol. The lowest BCUT2D eigenvalue weighted by Gasteiger charge is -1.95. The largest absolute Gasteiger partial charge is 0.305 e. The summed E-state index contributed by atoms with van der Waals surface area (Å²) in [5.74, 6) is -0.162. The van der Waals surface area contributed by atoms with Gasteiger partial charge in [0.25, 0.3) is 0 Å². The third-order valence-electron chi connectivity index (χ3n) is 2.54. The molecule has 2 aromatic rings. The smallest absolute Gasteiger partial charge is 0.266 e. The topological polar surface area (TPSA) is 45.3 Å². The highest BCUT2D eigenvalue weighted by molar-refractivity contribution is 5.80. The van der Waals surface area contributed by atoms with Gasteiger partial charge in [0.2, 0.25) is 6.54 Å². The molecular formula is C16H16N3O+. The molecule has 0 spiro atoms. The fourth-order valence-electron chi connectivity index (χ4n) is 1.61. The predicted octanol–water partition coefficient (Wildman–Crippen LogP) is 1.79. The van der Waals surface area contributed by atoms with Crippen LogP contribution in [0.25, 0.3) is 6.08 Å². The molecule has 0 unspecified atom stereocenters. The van der Waals surface area contributed by atoms with Crippen LogP contribution in [0, 0.1) is 0 Å². The van der Waals surface area contributed by atoms with Crippen LogP contribution < -0.4 is 9.99 Å². The Labute approximate surface area is 118 Å². The number of amides is 1. The van der Waals surface area contributed by atoms with Gasteiger partial charge >= 0.3 is 5.91 Å². The Bertz CT molecular complexity index is 592. The molecule has 100 valence electrons. The van der Waals surface area contributed by atoms with E-state index in [1.54, 1.807) is 16.9 Å². The zero-order chi connectivity index (χ0) is 14.0. The number of rotatable bonds is 5. The molecule has 1 amide bonds. The van der Waals surface area contributed by atoms with E-state index in [1.165, 1.54) is 0 Å². The molecule has 4 nitrogen and oxygen atoms in total. The molecular weight excluding hydrogens is 250 g/mol. The van der Waals surface area contributed by atoms with Gasteiger partial charge in [-0.1, -0.05) is 42.5 Å². The van der Waals surface area contributed by atoms with E-state index in [0.717, 1.165) is 5.56 Å². The maximum absolute atomic E-state index is 11.6. The summed E-state index contributed by atoms with van der Waals surface area (Å²) < 4.78 is 1.78. The Morgan fingerprint density at radius 1 is 1.10 bits per heavy atom. The number of pyridine rings is 1. The van der Waals surface area contributed by atoms with Crippen molar-refractivity contribution >= 4 is 18.2 Å². The normalized spacial score (nSPS) is 11.0. The number of aromatic nitrogens is 1. The van der Waals surface area contributed by atoms with Crippen LogP contribution >= 0.6 is 0 Å². The van der Waals surface area contributed by atoms with Gasteiger partial charge in [-0.3, -0.25) is 4.79 Å². The second-order valence-electron chi connectivity index (χ2n) is 4.13. The molecule has 1 aromatic heterocycles. The lowest BCUT2D eigenvalue weighted by atomic mass is 10.2. The second-order valence-corrected chi connectivity index (χ2v) is 4.13. The lowest BCUT2D eigenvalue weighted by molar-refractivity contribution is -0.684. The van der Waals surface area contributed by atoms with E-state index in [0.29, 0.717) is 0 Å². The average Bonchev–Trinajstić information content (AvgIpc) is 2.49. The monoisotopic (exact) mass is 266 g/mol. The molecule has 0 fully saturated rings. The molecule has 0 atom stereocenters. The van der Waals surface area contributed by atoms with E-state index in [9.17, 15) is 4.79 Å². The van der Waals surface area contributed by atoms with Crippen LogP contribution in [0.15, 0.2) is 72.1 Å². The fraction of sp³-hybridized carbons (Fsp3) is 0.0625. The Balaban J connectivity index is 1.76. The van der Waals surface area contributed by atoms with Crippen molar-refractivity contribution in [3.05, 3.63) is 72.6 Å². The lowest BCUT2D eigenvalue weighted by Crippen LogP contribution is -2.40. The van der Waals surface area contributed by atoms with E-state index in [4.69, 9.17) is 0 Å². The van der Waals surface area contributed by atoms with Crippen LogP contribution in [0.1, 0.15) is 5.56 Å². The summed E-state index contributed by atoms with van der Waals surface area (Å²) in [6.07, 6.45) is 8.92. The SMILES string of the molecule is O=C(C[n+]1ccccc1)N/N=C\C=C\c1ccccc1. The van der Waals surface area contributed by atoms with E-state index >= 15 is 0 Å². The summed E-state index contributed by atoms with van der Waals surface area (Å²) >= 11 is 0. The van der Waals surface area contributed by atoms with Crippen LogP contribution in [0.3, 0.4) is 0 Å². The molecule has 0 saturated carbocycles. The van der Waals surface area contributed by atoms with Crippen LogP contribution in [0.2, 0.25) is 0 Å². The minimum absolute atomic E-state index is 0.162.